The molecule has 0 spiro atoms. The number of fused-ring (bicyclic) bond motifs is 1. The number of carbonyl (C=O) groups is 6. The van der Waals surface area contributed by atoms with Crippen molar-refractivity contribution >= 4 is 52.5 Å². The van der Waals surface area contributed by atoms with Gasteiger partial charge in [-0.1, -0.05) is 55.4 Å². The van der Waals surface area contributed by atoms with E-state index in [4.69, 9.17) is 37.3 Å². The molecule has 1 aromatic heterocycles. The number of nitrogens with one attached hydrogen (secondary N) is 4. The standard InChI is InChI=1S/C47H79N5O17Si2/c1-27(53)50-37-41(66-30(4)56)40(65-29(3)55)33(25-63-28(2)54)68-43(37)62-22-16-15-17-35(57)48-19-20-49-36(58)18-21-52-24-32(42(59)51-44(52)60)38-31(23-47(11,12)70(13,14)61)39-34(67-38)26-64-71(69-39,45(5,6)7)46(8,9)10/h24,31,33-34,37-41,43,61H,15-23,25-26H2,1-14H3,(H,48,57)(H,49,58)(H,50,53)(H,51,59,60)/t31?,33?,34-,37?,38-,39-,40?,41?,43?/m1/s1. The minimum Gasteiger partial charge on any atom is -0.463 e. The number of H-pyrrole nitrogens is 1. The van der Waals surface area contributed by atoms with E-state index < -0.39 is 112 Å². The van der Waals surface area contributed by atoms with Crippen LogP contribution in [0.15, 0.2) is 15.8 Å². The van der Waals surface area contributed by atoms with E-state index in [0.717, 1.165) is 13.8 Å². The summed E-state index contributed by atoms with van der Waals surface area (Å²) in [5, 5.41) is 6.97. The Morgan fingerprint density at radius 1 is 0.845 bits per heavy atom. The number of carbonyl (C=O) groups excluding carboxylic acids is 6. The Kier molecular flexibility index (Phi) is 20.2. The molecule has 3 fully saturated rings. The minimum atomic E-state index is -2.97. The maximum Gasteiger partial charge on any atom is 0.349 e. The van der Waals surface area contributed by atoms with Crippen LogP contribution in [0.25, 0.3) is 0 Å². The van der Waals surface area contributed by atoms with E-state index in [1.165, 1.54) is 24.6 Å². The second-order valence-electron chi connectivity index (χ2n) is 22.0. The first-order chi connectivity index (χ1) is 32.8. The Balaban J connectivity index is 1.32. The number of hydrogen-bond donors (Lipinski definition) is 5. The number of aromatic nitrogens is 2. The molecule has 0 aromatic carbocycles. The van der Waals surface area contributed by atoms with E-state index in [9.17, 15) is 43.2 Å². The molecule has 6 unspecified atom stereocenters. The van der Waals surface area contributed by atoms with Crippen molar-refractivity contribution in [1.29, 1.82) is 0 Å². The molecule has 4 heterocycles. The van der Waals surface area contributed by atoms with Crippen molar-refractivity contribution in [2.24, 2.45) is 5.92 Å². The van der Waals surface area contributed by atoms with E-state index in [2.05, 4.69) is 62.5 Å². The highest BCUT2D eigenvalue weighted by Crippen LogP contribution is 2.59. The summed E-state index contributed by atoms with van der Waals surface area (Å²) in [5.41, 5.74) is -1.07. The van der Waals surface area contributed by atoms with Gasteiger partial charge in [-0.2, -0.15) is 0 Å². The maximum absolute atomic E-state index is 13.6. The molecule has 0 bridgehead atoms. The van der Waals surface area contributed by atoms with Gasteiger partial charge in [0.15, 0.2) is 26.8 Å². The monoisotopic (exact) mass is 1040 g/mol. The van der Waals surface area contributed by atoms with Gasteiger partial charge in [-0.25, -0.2) is 4.79 Å². The van der Waals surface area contributed by atoms with Crippen LogP contribution < -0.4 is 27.2 Å². The maximum atomic E-state index is 13.6. The van der Waals surface area contributed by atoms with Gasteiger partial charge in [0, 0.05) is 89.0 Å². The third-order valence-electron chi connectivity index (χ3n) is 13.5. The molecule has 402 valence electrons. The number of hydrogen-bond acceptors (Lipinski definition) is 17. The van der Waals surface area contributed by atoms with Crippen molar-refractivity contribution in [2.45, 2.75) is 199 Å². The molecule has 22 nitrogen and oxygen atoms in total. The Labute approximate surface area is 418 Å². The van der Waals surface area contributed by atoms with Crippen LogP contribution in [0.5, 0.6) is 0 Å². The molecule has 0 saturated carbocycles. The largest absolute Gasteiger partial charge is 0.463 e. The molecule has 9 atom stereocenters. The Morgan fingerprint density at radius 2 is 1.44 bits per heavy atom. The summed E-state index contributed by atoms with van der Waals surface area (Å²) in [6, 6.07) is -1.12. The van der Waals surface area contributed by atoms with Crippen LogP contribution in [0, 0.1) is 5.92 Å². The molecule has 3 amide bonds. The van der Waals surface area contributed by atoms with Crippen molar-refractivity contribution in [2.75, 3.05) is 32.9 Å². The molecule has 24 heteroatoms. The Morgan fingerprint density at radius 3 is 1.99 bits per heavy atom. The van der Waals surface area contributed by atoms with Crippen LogP contribution in [0.4, 0.5) is 0 Å². The molecule has 3 aliphatic rings. The summed E-state index contributed by atoms with van der Waals surface area (Å²) in [6.45, 7) is 25.4. The van der Waals surface area contributed by atoms with Crippen LogP contribution in [-0.2, 0) is 72.6 Å². The summed E-state index contributed by atoms with van der Waals surface area (Å²) in [5.74, 6) is -3.67. The molecular formula is C47H79N5O17Si2. The number of aromatic amines is 1. The average Bonchev–Trinajstić information content (AvgIpc) is 3.57. The highest BCUT2D eigenvalue weighted by Gasteiger charge is 2.65. The first kappa shape index (κ1) is 59.3. The lowest BCUT2D eigenvalue weighted by Crippen LogP contribution is -2.66. The van der Waals surface area contributed by atoms with Crippen LogP contribution in [-0.4, -0.2) is 143 Å². The fourth-order valence-electron chi connectivity index (χ4n) is 9.53. The zero-order chi connectivity index (χ0) is 53.4. The van der Waals surface area contributed by atoms with Crippen LogP contribution in [0.1, 0.15) is 127 Å². The summed E-state index contributed by atoms with van der Waals surface area (Å²) in [4.78, 5) is 114. The molecule has 3 saturated heterocycles. The van der Waals surface area contributed by atoms with E-state index >= 15 is 0 Å². The highest BCUT2D eigenvalue weighted by molar-refractivity contribution is 6.73. The second-order valence-corrected chi connectivity index (χ2v) is 31.2. The lowest BCUT2D eigenvalue weighted by molar-refractivity contribution is -0.277. The predicted octanol–water partition coefficient (Wildman–Crippen LogP) is 2.88. The SMILES string of the molecule is CC(=O)NC1C(OCCCCC(=O)NCCNC(=O)CCn2cc([C@@H]3O[C@@H]4CO[Si](C(C)(C)C)(C(C)(C)C)O[C@@H]4C3CC(C)(C)[Si](C)(C)O)c(=O)[nH]c2=O)OC(COC(C)=O)C(OC(C)=O)C1OC(C)=O. The first-order valence-electron chi connectivity index (χ1n) is 24.4. The van der Waals surface area contributed by atoms with Crippen molar-refractivity contribution in [3.63, 3.8) is 0 Å². The number of esters is 3. The fraction of sp³-hybridized carbons (Fsp3) is 0.787. The van der Waals surface area contributed by atoms with Gasteiger partial charge in [0.25, 0.3) is 5.56 Å². The fourth-order valence-corrected chi connectivity index (χ4v) is 15.3. The number of ether oxygens (including phenoxy) is 6. The van der Waals surface area contributed by atoms with Gasteiger partial charge in [0.1, 0.15) is 24.9 Å². The summed E-state index contributed by atoms with van der Waals surface area (Å²) in [7, 11) is -5.72. The van der Waals surface area contributed by atoms with Gasteiger partial charge < -0.3 is 58.0 Å². The molecule has 5 N–H and O–H groups in total. The van der Waals surface area contributed by atoms with Gasteiger partial charge in [-0.15, -0.1) is 0 Å². The molecule has 4 rings (SSSR count). The molecule has 1 aromatic rings. The lowest BCUT2D eigenvalue weighted by Gasteiger charge is -2.54. The number of rotatable bonds is 21. The van der Waals surface area contributed by atoms with Crippen molar-refractivity contribution < 1.29 is 70.8 Å². The normalized spacial score (nSPS) is 25.6. The van der Waals surface area contributed by atoms with E-state index in [-0.39, 0.29) is 79.8 Å². The quantitative estimate of drug-likeness (QED) is 0.0512. The van der Waals surface area contributed by atoms with Gasteiger partial charge in [-0.3, -0.25) is 43.1 Å². The summed E-state index contributed by atoms with van der Waals surface area (Å²) in [6.07, 6.45) is -3.92. The van der Waals surface area contributed by atoms with Crippen LogP contribution >= 0.6 is 0 Å². The number of amides is 3. The van der Waals surface area contributed by atoms with E-state index in [1.54, 1.807) is 0 Å². The zero-order valence-electron chi connectivity index (χ0n) is 44.0. The molecular weight excluding hydrogens is 963 g/mol. The van der Waals surface area contributed by atoms with E-state index in [0.29, 0.717) is 19.3 Å². The van der Waals surface area contributed by atoms with Crippen LogP contribution in [0.2, 0.25) is 28.2 Å². The molecule has 71 heavy (non-hydrogen) atoms. The number of nitrogens with zero attached hydrogens (tertiary/aromatic N) is 1. The Bertz CT molecular complexity index is 2170. The van der Waals surface area contributed by atoms with Crippen molar-refractivity contribution in [1.82, 2.24) is 25.5 Å². The molecule has 0 radical (unpaired) electrons. The van der Waals surface area contributed by atoms with Crippen molar-refractivity contribution in [3.8, 4) is 0 Å². The summed E-state index contributed by atoms with van der Waals surface area (Å²) >= 11 is 0. The van der Waals surface area contributed by atoms with Gasteiger partial charge in [-0.05, 0) is 37.4 Å². The first-order valence-corrected chi connectivity index (χ1v) is 29.1. The van der Waals surface area contributed by atoms with Gasteiger partial charge >= 0.3 is 32.2 Å². The summed E-state index contributed by atoms with van der Waals surface area (Å²) < 4.78 is 49.7. The second kappa shape index (κ2) is 24.2. The lowest BCUT2D eigenvalue weighted by atomic mass is 9.85. The van der Waals surface area contributed by atoms with Gasteiger partial charge in [0.2, 0.25) is 17.7 Å². The number of unbranched alkanes of at least 4 members (excludes halogenated alkanes) is 1. The zero-order valence-corrected chi connectivity index (χ0v) is 46.0. The third-order valence-corrected chi connectivity index (χ3v) is 22.1. The van der Waals surface area contributed by atoms with E-state index in [1.807, 2.05) is 26.9 Å². The third kappa shape index (κ3) is 15.4. The highest BCUT2D eigenvalue weighted by atomic mass is 28.4. The smallest absolute Gasteiger partial charge is 0.349 e. The molecule has 0 aliphatic carbocycles. The topological polar surface area (TPSA) is 287 Å². The molecule has 3 aliphatic heterocycles. The van der Waals surface area contributed by atoms with Crippen LogP contribution in [0.3, 0.4) is 0 Å². The van der Waals surface area contributed by atoms with Crippen molar-refractivity contribution in [3.05, 3.63) is 32.6 Å². The average molecular weight is 1040 g/mol. The van der Waals surface area contributed by atoms with Gasteiger partial charge in [0.05, 0.1) is 24.4 Å². The number of aryl methyl sites for hydroxylation is 1. The Hall–Kier alpha value is -4.31. The minimum absolute atomic E-state index is 0.0342. The predicted molar refractivity (Wildman–Crippen MR) is 261 cm³/mol.